The number of hydrogen-bond donors (Lipinski definition) is 1. The van der Waals surface area contributed by atoms with Crippen LogP contribution in [0.1, 0.15) is 15.9 Å². The smallest absolute Gasteiger partial charge is 0.337 e. The van der Waals surface area contributed by atoms with Crippen LogP contribution in [0.15, 0.2) is 53.0 Å². The number of halogens is 1. The lowest BCUT2D eigenvalue weighted by Gasteiger charge is -2.19. The van der Waals surface area contributed by atoms with Gasteiger partial charge in [-0.3, -0.25) is 4.79 Å². The van der Waals surface area contributed by atoms with Gasteiger partial charge in [0.2, 0.25) is 15.9 Å². The van der Waals surface area contributed by atoms with Crippen LogP contribution in [0.4, 0.5) is 5.69 Å². The molecule has 1 amide bonds. The van der Waals surface area contributed by atoms with Gasteiger partial charge < -0.3 is 10.1 Å². The van der Waals surface area contributed by atoms with E-state index in [0.29, 0.717) is 11.3 Å². The molecule has 0 unspecified atom stereocenters. The molecule has 27 heavy (non-hydrogen) atoms. The number of nitrogens with zero attached hydrogens (tertiary/aromatic N) is 1. The Hall–Kier alpha value is -2.23. The van der Waals surface area contributed by atoms with Gasteiger partial charge in [0, 0.05) is 16.7 Å². The van der Waals surface area contributed by atoms with Gasteiger partial charge in [-0.05, 0) is 42.0 Å². The summed E-state index contributed by atoms with van der Waals surface area (Å²) in [6.07, 6.45) is 1.06. The van der Waals surface area contributed by atoms with E-state index in [-0.39, 0.29) is 13.1 Å². The number of rotatable bonds is 7. The number of ether oxygens (including phenoxy) is 1. The van der Waals surface area contributed by atoms with Crippen molar-refractivity contribution in [2.24, 2.45) is 0 Å². The molecule has 0 spiro atoms. The lowest BCUT2D eigenvalue weighted by molar-refractivity contribution is -0.116. The van der Waals surface area contributed by atoms with Crippen molar-refractivity contribution in [3.8, 4) is 0 Å². The van der Waals surface area contributed by atoms with E-state index < -0.39 is 21.9 Å². The van der Waals surface area contributed by atoms with Crippen molar-refractivity contribution in [3.05, 3.63) is 64.1 Å². The average molecular weight is 455 g/mol. The van der Waals surface area contributed by atoms with E-state index in [1.165, 1.54) is 19.2 Å². The molecule has 0 saturated heterocycles. The number of anilines is 1. The molecule has 0 aliphatic heterocycles. The van der Waals surface area contributed by atoms with E-state index in [2.05, 4.69) is 26.0 Å². The van der Waals surface area contributed by atoms with Crippen LogP contribution < -0.4 is 5.32 Å². The van der Waals surface area contributed by atoms with E-state index in [9.17, 15) is 18.0 Å². The molecule has 1 N–H and O–H groups in total. The summed E-state index contributed by atoms with van der Waals surface area (Å²) in [5.74, 6) is -0.964. The maximum absolute atomic E-state index is 12.3. The van der Waals surface area contributed by atoms with E-state index >= 15 is 0 Å². The monoisotopic (exact) mass is 454 g/mol. The molecule has 2 aromatic rings. The Morgan fingerprint density at radius 3 is 2.19 bits per heavy atom. The highest BCUT2D eigenvalue weighted by Crippen LogP contribution is 2.15. The summed E-state index contributed by atoms with van der Waals surface area (Å²) < 4.78 is 30.6. The fourth-order valence-electron chi connectivity index (χ4n) is 2.25. The van der Waals surface area contributed by atoms with Crippen LogP contribution in [0, 0.1) is 0 Å². The Balaban J connectivity index is 2.05. The van der Waals surface area contributed by atoms with Crippen molar-refractivity contribution in [1.82, 2.24) is 4.31 Å². The third-order valence-corrected chi connectivity index (χ3v) is 5.38. The summed E-state index contributed by atoms with van der Waals surface area (Å²) in [4.78, 5) is 23.7. The summed E-state index contributed by atoms with van der Waals surface area (Å²) in [6.45, 7) is -0.242. The van der Waals surface area contributed by atoms with Crippen molar-refractivity contribution in [1.29, 1.82) is 0 Å². The third kappa shape index (κ3) is 6.46. The zero-order valence-corrected chi connectivity index (χ0v) is 17.2. The second-order valence-corrected chi connectivity index (χ2v) is 8.67. The van der Waals surface area contributed by atoms with Crippen molar-refractivity contribution in [2.75, 3.05) is 25.2 Å². The predicted octanol–water partition coefficient (Wildman–Crippen LogP) is 2.64. The number of nitrogens with one attached hydrogen (secondary N) is 1. The molecule has 0 bridgehead atoms. The van der Waals surface area contributed by atoms with Crippen LogP contribution >= 0.6 is 15.9 Å². The van der Waals surface area contributed by atoms with Gasteiger partial charge in [0.15, 0.2) is 0 Å². The number of carbonyl (C=O) groups excluding carboxylic acids is 2. The van der Waals surface area contributed by atoms with Gasteiger partial charge in [-0.2, -0.15) is 4.31 Å². The quantitative estimate of drug-likeness (QED) is 0.649. The predicted molar refractivity (Wildman–Crippen MR) is 106 cm³/mol. The highest BCUT2D eigenvalue weighted by molar-refractivity contribution is 9.10. The van der Waals surface area contributed by atoms with Crippen LogP contribution in [0.2, 0.25) is 0 Å². The van der Waals surface area contributed by atoms with Crippen molar-refractivity contribution in [3.63, 3.8) is 0 Å². The zero-order chi connectivity index (χ0) is 20.0. The first kappa shape index (κ1) is 21.1. The minimum absolute atomic E-state index is 0.0841. The molecule has 0 fully saturated rings. The second kappa shape index (κ2) is 9.12. The highest BCUT2D eigenvalue weighted by Gasteiger charge is 2.20. The van der Waals surface area contributed by atoms with Gasteiger partial charge in [0.05, 0.1) is 25.5 Å². The maximum atomic E-state index is 12.3. The molecule has 0 saturated carbocycles. The zero-order valence-electron chi connectivity index (χ0n) is 14.8. The minimum atomic E-state index is -3.58. The molecule has 2 rings (SSSR count). The average Bonchev–Trinajstić information content (AvgIpc) is 2.62. The summed E-state index contributed by atoms with van der Waals surface area (Å²) >= 11 is 3.32. The SMILES string of the molecule is COC(=O)c1ccc(NC(=O)CN(Cc2ccc(Br)cc2)S(C)(=O)=O)cc1. The highest BCUT2D eigenvalue weighted by atomic mass is 79.9. The molecule has 0 heterocycles. The van der Waals surface area contributed by atoms with Crippen LogP contribution in [0.3, 0.4) is 0 Å². The standard InChI is InChI=1S/C18H19BrN2O5S/c1-26-18(23)14-5-9-16(10-6-14)20-17(22)12-21(27(2,24)25)11-13-3-7-15(19)8-4-13/h3-10H,11-12H2,1-2H3,(H,20,22). The molecule has 2 aromatic carbocycles. The first-order valence-corrected chi connectivity index (χ1v) is 10.5. The molecule has 0 aromatic heterocycles. The molecule has 0 atom stereocenters. The summed E-state index contributed by atoms with van der Waals surface area (Å²) in [5, 5.41) is 2.62. The van der Waals surface area contributed by atoms with Crippen molar-refractivity contribution < 1.29 is 22.7 Å². The third-order valence-electron chi connectivity index (χ3n) is 3.65. The van der Waals surface area contributed by atoms with E-state index in [1.54, 1.807) is 36.4 Å². The number of esters is 1. The van der Waals surface area contributed by atoms with Crippen LogP contribution in [0.25, 0.3) is 0 Å². The summed E-state index contributed by atoms with van der Waals surface area (Å²) in [5.41, 5.74) is 1.56. The first-order valence-electron chi connectivity index (χ1n) is 7.87. The number of carbonyl (C=O) groups is 2. The second-order valence-electron chi connectivity index (χ2n) is 5.77. The van der Waals surface area contributed by atoms with E-state index in [4.69, 9.17) is 0 Å². The molecule has 9 heteroatoms. The Labute approximate surface area is 166 Å². The number of hydrogen-bond acceptors (Lipinski definition) is 5. The Bertz CT molecular complexity index is 912. The van der Waals surface area contributed by atoms with Gasteiger partial charge in [0.1, 0.15) is 0 Å². The molecule has 7 nitrogen and oxygen atoms in total. The maximum Gasteiger partial charge on any atom is 0.337 e. The van der Waals surface area contributed by atoms with Gasteiger partial charge in [-0.25, -0.2) is 13.2 Å². The van der Waals surface area contributed by atoms with Crippen LogP contribution in [-0.2, 0) is 26.1 Å². The number of methoxy groups -OCH3 is 1. The number of benzene rings is 2. The molecule has 0 aliphatic carbocycles. The lowest BCUT2D eigenvalue weighted by atomic mass is 10.2. The minimum Gasteiger partial charge on any atom is -0.465 e. The molecular weight excluding hydrogens is 436 g/mol. The first-order chi connectivity index (χ1) is 12.7. The van der Waals surface area contributed by atoms with E-state index in [1.807, 2.05) is 0 Å². The molecule has 0 aliphatic rings. The van der Waals surface area contributed by atoms with Crippen molar-refractivity contribution >= 4 is 43.5 Å². The summed E-state index contributed by atoms with van der Waals surface area (Å²) in [6, 6.07) is 13.3. The fraction of sp³-hybridized carbons (Fsp3) is 0.222. The Morgan fingerprint density at radius 2 is 1.67 bits per heavy atom. The number of amides is 1. The fourth-order valence-corrected chi connectivity index (χ4v) is 3.25. The van der Waals surface area contributed by atoms with Crippen molar-refractivity contribution in [2.45, 2.75) is 6.54 Å². The summed E-state index contributed by atoms with van der Waals surface area (Å²) in [7, 11) is -2.30. The van der Waals surface area contributed by atoms with Gasteiger partial charge in [-0.15, -0.1) is 0 Å². The Morgan fingerprint density at radius 1 is 1.07 bits per heavy atom. The van der Waals surface area contributed by atoms with Gasteiger partial charge in [0.25, 0.3) is 0 Å². The Kier molecular flexibility index (Phi) is 7.11. The van der Waals surface area contributed by atoms with Crippen LogP contribution in [0.5, 0.6) is 0 Å². The van der Waals surface area contributed by atoms with Gasteiger partial charge in [-0.1, -0.05) is 28.1 Å². The molecule has 0 radical (unpaired) electrons. The number of sulfonamides is 1. The lowest BCUT2D eigenvalue weighted by Crippen LogP contribution is -2.36. The topological polar surface area (TPSA) is 92.8 Å². The van der Waals surface area contributed by atoms with Gasteiger partial charge >= 0.3 is 5.97 Å². The normalized spacial score (nSPS) is 11.3. The van der Waals surface area contributed by atoms with Crippen LogP contribution in [-0.4, -0.2) is 44.5 Å². The molecule has 144 valence electrons. The largest absolute Gasteiger partial charge is 0.465 e. The molecular formula is C18H19BrN2O5S. The van der Waals surface area contributed by atoms with E-state index in [0.717, 1.165) is 20.6 Å².